The Labute approximate surface area is 51.9 Å². The SMILES string of the molecule is C[N+](C)(C)CCC[NH]. The fraction of sp³-hybridized carbons (Fsp3) is 1.00. The van der Waals surface area contributed by atoms with Gasteiger partial charge in [0.2, 0.25) is 0 Å². The second kappa shape index (κ2) is 3.05. The molecule has 0 aromatic carbocycles. The predicted molar refractivity (Wildman–Crippen MR) is 35.5 cm³/mol. The molecule has 0 aromatic rings. The maximum atomic E-state index is 6.87. The van der Waals surface area contributed by atoms with Crippen molar-refractivity contribution in [2.75, 3.05) is 34.2 Å². The molecule has 0 saturated heterocycles. The minimum Gasteiger partial charge on any atom is -0.331 e. The van der Waals surface area contributed by atoms with Crippen molar-refractivity contribution < 1.29 is 4.48 Å². The third-order valence-corrected chi connectivity index (χ3v) is 1.01. The van der Waals surface area contributed by atoms with Crippen LogP contribution in [0, 0.1) is 0 Å². The van der Waals surface area contributed by atoms with E-state index in [4.69, 9.17) is 5.73 Å². The molecule has 8 heavy (non-hydrogen) atoms. The van der Waals surface area contributed by atoms with Crippen LogP contribution in [0.5, 0.6) is 0 Å². The normalized spacial score (nSPS) is 12.0. The highest BCUT2D eigenvalue weighted by Gasteiger charge is 2.03. The van der Waals surface area contributed by atoms with Gasteiger partial charge in [0.25, 0.3) is 0 Å². The number of hydrogen-bond donors (Lipinski definition) is 0. The number of rotatable bonds is 3. The van der Waals surface area contributed by atoms with Crippen LogP contribution in [-0.4, -0.2) is 38.7 Å². The van der Waals surface area contributed by atoms with Crippen molar-refractivity contribution in [3.8, 4) is 0 Å². The zero-order valence-corrected chi connectivity index (χ0v) is 6.07. The Morgan fingerprint density at radius 1 is 1.25 bits per heavy atom. The summed E-state index contributed by atoms with van der Waals surface area (Å²) in [7, 11) is 6.45. The van der Waals surface area contributed by atoms with E-state index in [1.54, 1.807) is 0 Å². The van der Waals surface area contributed by atoms with Crippen LogP contribution in [0.4, 0.5) is 0 Å². The maximum Gasteiger partial charge on any atom is 0.0793 e. The van der Waals surface area contributed by atoms with E-state index in [0.717, 1.165) is 17.4 Å². The van der Waals surface area contributed by atoms with Gasteiger partial charge in [-0.1, -0.05) is 0 Å². The predicted octanol–water partition coefficient (Wildman–Crippen LogP) is 0.366. The van der Waals surface area contributed by atoms with Crippen molar-refractivity contribution in [2.45, 2.75) is 6.42 Å². The average molecular weight is 116 g/mol. The van der Waals surface area contributed by atoms with Crippen molar-refractivity contribution in [2.24, 2.45) is 0 Å². The van der Waals surface area contributed by atoms with Crippen molar-refractivity contribution in [1.82, 2.24) is 5.73 Å². The molecule has 0 unspecified atom stereocenters. The second-order valence-corrected chi connectivity index (χ2v) is 3.12. The molecular weight excluding hydrogens is 100 g/mol. The van der Waals surface area contributed by atoms with E-state index in [-0.39, 0.29) is 0 Å². The van der Waals surface area contributed by atoms with E-state index in [1.165, 1.54) is 0 Å². The van der Waals surface area contributed by atoms with Crippen molar-refractivity contribution in [1.29, 1.82) is 0 Å². The number of hydrogen-bond acceptors (Lipinski definition) is 0. The molecule has 49 valence electrons. The van der Waals surface area contributed by atoms with Crippen LogP contribution >= 0.6 is 0 Å². The molecule has 0 heterocycles. The van der Waals surface area contributed by atoms with Crippen LogP contribution in [0.2, 0.25) is 0 Å². The summed E-state index contributed by atoms with van der Waals surface area (Å²) < 4.78 is 0.985. The first-order chi connectivity index (χ1) is 3.56. The Kier molecular flexibility index (Phi) is 3.02. The molecule has 0 spiro atoms. The third kappa shape index (κ3) is 5.92. The zero-order valence-electron chi connectivity index (χ0n) is 6.07. The average Bonchev–Trinajstić information content (AvgIpc) is 1.59. The van der Waals surface area contributed by atoms with Gasteiger partial charge >= 0.3 is 0 Å². The Morgan fingerprint density at radius 3 is 1.88 bits per heavy atom. The number of quaternary nitrogens is 1. The highest BCUT2D eigenvalue weighted by Crippen LogP contribution is 1.90. The molecule has 0 rings (SSSR count). The molecule has 0 bridgehead atoms. The van der Waals surface area contributed by atoms with E-state index in [0.29, 0.717) is 6.54 Å². The fourth-order valence-electron chi connectivity index (χ4n) is 0.553. The van der Waals surface area contributed by atoms with Gasteiger partial charge in [-0.05, 0) is 0 Å². The first-order valence-electron chi connectivity index (χ1n) is 3.01. The standard InChI is InChI=1S/C6H16N2/c1-8(2,3)6-4-5-7/h7H,4-6H2,1-3H3/q+1. The number of nitrogens with one attached hydrogen (secondary N) is 1. The fourth-order valence-corrected chi connectivity index (χ4v) is 0.553. The first kappa shape index (κ1) is 7.92. The van der Waals surface area contributed by atoms with E-state index in [1.807, 2.05) is 0 Å². The van der Waals surface area contributed by atoms with Crippen LogP contribution in [0.15, 0.2) is 0 Å². The van der Waals surface area contributed by atoms with Crippen LogP contribution in [0.25, 0.3) is 0 Å². The summed E-state index contributed by atoms with van der Waals surface area (Å²) >= 11 is 0. The molecule has 2 nitrogen and oxygen atoms in total. The smallest absolute Gasteiger partial charge is 0.0793 e. The Bertz CT molecular complexity index is 54.0. The summed E-state index contributed by atoms with van der Waals surface area (Å²) in [6, 6.07) is 0. The Morgan fingerprint density at radius 2 is 1.75 bits per heavy atom. The molecule has 0 aliphatic carbocycles. The summed E-state index contributed by atoms with van der Waals surface area (Å²) in [6.07, 6.45) is 1.02. The van der Waals surface area contributed by atoms with E-state index in [2.05, 4.69) is 21.1 Å². The third-order valence-electron chi connectivity index (χ3n) is 1.01. The quantitative estimate of drug-likeness (QED) is 0.476. The second-order valence-electron chi connectivity index (χ2n) is 3.12. The topological polar surface area (TPSA) is 23.8 Å². The largest absolute Gasteiger partial charge is 0.331 e. The lowest BCUT2D eigenvalue weighted by atomic mass is 10.4. The molecule has 1 N–H and O–H groups in total. The van der Waals surface area contributed by atoms with Gasteiger partial charge in [-0.3, -0.25) is 5.73 Å². The van der Waals surface area contributed by atoms with Gasteiger partial charge in [0.05, 0.1) is 27.7 Å². The van der Waals surface area contributed by atoms with E-state index >= 15 is 0 Å². The van der Waals surface area contributed by atoms with Crippen LogP contribution in [-0.2, 0) is 0 Å². The van der Waals surface area contributed by atoms with Crippen molar-refractivity contribution in [3.63, 3.8) is 0 Å². The summed E-state index contributed by atoms with van der Waals surface area (Å²) in [4.78, 5) is 0. The molecule has 2 heteroatoms. The minimum atomic E-state index is 0.565. The van der Waals surface area contributed by atoms with Crippen molar-refractivity contribution >= 4 is 0 Å². The van der Waals surface area contributed by atoms with E-state index < -0.39 is 0 Å². The minimum absolute atomic E-state index is 0.565. The Hall–Kier alpha value is -0.0800. The molecular formula is C6H16N2+. The molecule has 0 saturated carbocycles. The summed E-state index contributed by atoms with van der Waals surface area (Å²) in [5.41, 5.74) is 6.87. The molecule has 0 fully saturated rings. The van der Waals surface area contributed by atoms with Crippen LogP contribution in [0.3, 0.4) is 0 Å². The highest BCUT2D eigenvalue weighted by molar-refractivity contribution is 4.32. The maximum absolute atomic E-state index is 6.87. The van der Waals surface area contributed by atoms with Gasteiger partial charge in [-0.2, -0.15) is 0 Å². The molecule has 0 aromatic heterocycles. The lowest BCUT2D eigenvalue weighted by molar-refractivity contribution is -0.870. The van der Waals surface area contributed by atoms with Gasteiger partial charge in [-0.25, -0.2) is 0 Å². The molecule has 0 amide bonds. The highest BCUT2D eigenvalue weighted by atomic mass is 15.3. The monoisotopic (exact) mass is 116 g/mol. The Balaban J connectivity index is 3.11. The van der Waals surface area contributed by atoms with Crippen LogP contribution in [0.1, 0.15) is 6.42 Å². The van der Waals surface area contributed by atoms with Gasteiger partial charge < -0.3 is 4.48 Å². The van der Waals surface area contributed by atoms with Gasteiger partial charge in [-0.15, -0.1) is 0 Å². The first-order valence-corrected chi connectivity index (χ1v) is 3.01. The number of nitrogens with zero attached hydrogens (tertiary/aromatic N) is 1. The van der Waals surface area contributed by atoms with Crippen LogP contribution < -0.4 is 5.73 Å². The van der Waals surface area contributed by atoms with E-state index in [9.17, 15) is 0 Å². The molecule has 0 aliphatic rings. The van der Waals surface area contributed by atoms with Gasteiger partial charge in [0.1, 0.15) is 0 Å². The summed E-state index contributed by atoms with van der Waals surface area (Å²) in [5.74, 6) is 0. The lowest BCUT2D eigenvalue weighted by Gasteiger charge is -2.22. The molecule has 0 aliphatic heterocycles. The zero-order chi connectivity index (χ0) is 6.62. The summed E-state index contributed by atoms with van der Waals surface area (Å²) in [6.45, 7) is 1.68. The lowest BCUT2D eigenvalue weighted by Crippen LogP contribution is -2.35. The van der Waals surface area contributed by atoms with Gasteiger partial charge in [0, 0.05) is 13.0 Å². The molecule has 1 radical (unpaired) electrons. The molecule has 0 atom stereocenters. The van der Waals surface area contributed by atoms with Crippen molar-refractivity contribution in [3.05, 3.63) is 0 Å². The van der Waals surface area contributed by atoms with Gasteiger partial charge in [0.15, 0.2) is 0 Å². The summed E-state index contributed by atoms with van der Waals surface area (Å²) in [5, 5.41) is 0.